The van der Waals surface area contributed by atoms with Gasteiger partial charge in [-0.25, -0.2) is 9.37 Å². The van der Waals surface area contributed by atoms with Crippen molar-refractivity contribution in [3.05, 3.63) is 80.7 Å². The van der Waals surface area contributed by atoms with E-state index in [0.29, 0.717) is 38.4 Å². The van der Waals surface area contributed by atoms with Crippen molar-refractivity contribution in [2.45, 2.75) is 38.0 Å². The van der Waals surface area contributed by atoms with E-state index in [2.05, 4.69) is 18.7 Å². The lowest BCUT2D eigenvalue weighted by Gasteiger charge is -2.30. The Hall–Kier alpha value is -3.01. The lowest BCUT2D eigenvalue weighted by Crippen LogP contribution is -2.35. The fourth-order valence-corrected chi connectivity index (χ4v) is 6.58. The van der Waals surface area contributed by atoms with E-state index in [1.54, 1.807) is 35.1 Å². The normalized spacial score (nSPS) is 13.8. The van der Waals surface area contributed by atoms with Gasteiger partial charge in [-0.1, -0.05) is 11.8 Å². The SMILES string of the molecule is COc1ccc(-n2c(SCC(=O)c3ccc(F)cc3)nc3sc4c(c3c2=O)CCN(C(C)C)C4)cc1. The van der Waals surface area contributed by atoms with E-state index in [4.69, 9.17) is 9.72 Å². The number of thiophene rings is 1. The second-order valence-corrected chi connectivity index (χ2v) is 11.0. The molecule has 6 nitrogen and oxygen atoms in total. The van der Waals surface area contributed by atoms with E-state index in [1.807, 2.05) is 12.1 Å². The second kappa shape index (κ2) is 10.2. The smallest absolute Gasteiger partial charge is 0.267 e. The molecule has 1 aliphatic rings. The van der Waals surface area contributed by atoms with E-state index in [-0.39, 0.29) is 17.1 Å². The molecule has 0 bridgehead atoms. The molecule has 186 valence electrons. The summed E-state index contributed by atoms with van der Waals surface area (Å²) in [7, 11) is 1.59. The Labute approximate surface area is 216 Å². The van der Waals surface area contributed by atoms with Crippen LogP contribution in [-0.2, 0) is 13.0 Å². The number of carbonyl (C=O) groups is 1. The molecule has 0 fully saturated rings. The number of methoxy groups -OCH3 is 1. The zero-order valence-electron chi connectivity index (χ0n) is 20.3. The average molecular weight is 524 g/mol. The number of benzene rings is 2. The van der Waals surface area contributed by atoms with Gasteiger partial charge >= 0.3 is 0 Å². The number of ketones is 1. The summed E-state index contributed by atoms with van der Waals surface area (Å²) in [6.07, 6.45) is 0.808. The lowest BCUT2D eigenvalue weighted by atomic mass is 10.0. The van der Waals surface area contributed by atoms with Gasteiger partial charge in [0.05, 0.1) is 23.9 Å². The predicted octanol–water partition coefficient (Wildman–Crippen LogP) is 5.34. The Balaban J connectivity index is 1.58. The van der Waals surface area contributed by atoms with Crippen LogP contribution in [0.5, 0.6) is 5.75 Å². The maximum absolute atomic E-state index is 13.9. The van der Waals surface area contributed by atoms with Crippen molar-refractivity contribution in [1.82, 2.24) is 14.5 Å². The first-order valence-corrected chi connectivity index (χ1v) is 13.5. The van der Waals surface area contributed by atoms with E-state index < -0.39 is 5.82 Å². The minimum absolute atomic E-state index is 0.0753. The van der Waals surface area contributed by atoms with Crippen LogP contribution in [0.25, 0.3) is 15.9 Å². The summed E-state index contributed by atoms with van der Waals surface area (Å²) in [6.45, 7) is 6.07. The van der Waals surface area contributed by atoms with Crippen LogP contribution < -0.4 is 10.3 Å². The van der Waals surface area contributed by atoms with Gasteiger partial charge in [0.1, 0.15) is 16.4 Å². The highest BCUT2D eigenvalue weighted by Gasteiger charge is 2.27. The van der Waals surface area contributed by atoms with Gasteiger partial charge in [-0.3, -0.25) is 19.1 Å². The molecule has 36 heavy (non-hydrogen) atoms. The van der Waals surface area contributed by atoms with Crippen molar-refractivity contribution < 1.29 is 13.9 Å². The van der Waals surface area contributed by atoms with Crippen LogP contribution in [0.1, 0.15) is 34.6 Å². The van der Waals surface area contributed by atoms with Crippen molar-refractivity contribution in [2.24, 2.45) is 0 Å². The van der Waals surface area contributed by atoms with E-state index in [1.165, 1.54) is 40.9 Å². The molecule has 0 spiro atoms. The molecule has 0 aliphatic carbocycles. The number of Topliss-reactive ketones (excluding diaryl/α,β-unsaturated/α-hetero) is 1. The summed E-state index contributed by atoms with van der Waals surface area (Å²) in [5.74, 6) is 0.209. The minimum atomic E-state index is -0.391. The summed E-state index contributed by atoms with van der Waals surface area (Å²) in [5.41, 5.74) is 2.04. The van der Waals surface area contributed by atoms with E-state index >= 15 is 0 Å². The quantitative estimate of drug-likeness (QED) is 0.185. The number of fused-ring (bicyclic) bond motifs is 3. The monoisotopic (exact) mass is 523 g/mol. The molecule has 9 heteroatoms. The third kappa shape index (κ3) is 4.70. The third-order valence-electron chi connectivity index (χ3n) is 6.43. The van der Waals surface area contributed by atoms with Crippen molar-refractivity contribution in [2.75, 3.05) is 19.4 Å². The van der Waals surface area contributed by atoms with Crippen molar-refractivity contribution in [3.8, 4) is 11.4 Å². The largest absolute Gasteiger partial charge is 0.497 e. The van der Waals surface area contributed by atoms with Crippen LogP contribution >= 0.6 is 23.1 Å². The van der Waals surface area contributed by atoms with Gasteiger partial charge in [0.15, 0.2) is 10.9 Å². The number of carbonyl (C=O) groups excluding carboxylic acids is 1. The summed E-state index contributed by atoms with van der Waals surface area (Å²) >= 11 is 2.78. The third-order valence-corrected chi connectivity index (χ3v) is 8.48. The number of rotatable bonds is 7. The molecule has 3 heterocycles. The maximum atomic E-state index is 13.9. The molecule has 0 atom stereocenters. The van der Waals surface area contributed by atoms with Gasteiger partial charge in [-0.2, -0.15) is 0 Å². The van der Waals surface area contributed by atoms with Crippen LogP contribution in [-0.4, -0.2) is 45.7 Å². The fraction of sp³-hybridized carbons (Fsp3) is 0.296. The van der Waals surface area contributed by atoms with Gasteiger partial charge in [0.25, 0.3) is 5.56 Å². The molecule has 1 aliphatic heterocycles. The van der Waals surface area contributed by atoms with Gasteiger partial charge in [-0.05, 0) is 74.4 Å². The van der Waals surface area contributed by atoms with Crippen LogP contribution in [0, 0.1) is 5.82 Å². The first-order chi connectivity index (χ1) is 17.4. The van der Waals surface area contributed by atoms with Crippen LogP contribution in [0.15, 0.2) is 58.5 Å². The first-order valence-electron chi connectivity index (χ1n) is 11.7. The zero-order valence-corrected chi connectivity index (χ0v) is 21.9. The molecule has 2 aromatic carbocycles. The summed E-state index contributed by atoms with van der Waals surface area (Å²) in [4.78, 5) is 35.9. The van der Waals surface area contributed by atoms with Crippen molar-refractivity contribution in [3.63, 3.8) is 0 Å². The summed E-state index contributed by atoms with van der Waals surface area (Å²) in [6, 6.07) is 13.1. The molecule has 2 aromatic heterocycles. The Morgan fingerprint density at radius 3 is 2.56 bits per heavy atom. The van der Waals surface area contributed by atoms with Gasteiger partial charge in [0, 0.05) is 29.6 Å². The molecule has 0 saturated carbocycles. The minimum Gasteiger partial charge on any atom is -0.497 e. The van der Waals surface area contributed by atoms with Gasteiger partial charge < -0.3 is 4.74 Å². The number of nitrogens with zero attached hydrogens (tertiary/aromatic N) is 3. The molecular weight excluding hydrogens is 497 g/mol. The number of halogens is 1. The Kier molecular flexibility index (Phi) is 6.96. The Morgan fingerprint density at radius 2 is 1.89 bits per heavy atom. The highest BCUT2D eigenvalue weighted by atomic mass is 32.2. The van der Waals surface area contributed by atoms with Crippen LogP contribution in [0.2, 0.25) is 0 Å². The molecule has 0 N–H and O–H groups in total. The number of thioether (sulfide) groups is 1. The second-order valence-electron chi connectivity index (χ2n) is 8.95. The summed E-state index contributed by atoms with van der Waals surface area (Å²) in [5, 5.41) is 1.12. The molecule has 5 rings (SSSR count). The first kappa shape index (κ1) is 24.7. The molecule has 0 saturated heterocycles. The average Bonchev–Trinajstić information content (AvgIpc) is 3.25. The molecule has 0 amide bonds. The van der Waals surface area contributed by atoms with Crippen LogP contribution in [0.3, 0.4) is 0 Å². The summed E-state index contributed by atoms with van der Waals surface area (Å²) < 4.78 is 20.1. The number of aromatic nitrogens is 2. The van der Waals surface area contributed by atoms with Crippen molar-refractivity contribution >= 4 is 39.1 Å². The van der Waals surface area contributed by atoms with E-state index in [0.717, 1.165) is 25.1 Å². The van der Waals surface area contributed by atoms with Gasteiger partial charge in [0.2, 0.25) is 0 Å². The lowest BCUT2D eigenvalue weighted by molar-refractivity contribution is 0.102. The zero-order chi connectivity index (χ0) is 25.4. The fourth-order valence-electron chi connectivity index (χ4n) is 4.39. The molecule has 0 unspecified atom stereocenters. The topological polar surface area (TPSA) is 64.4 Å². The predicted molar refractivity (Wildman–Crippen MR) is 142 cm³/mol. The molecule has 4 aromatic rings. The molecular formula is C27H26FN3O3S2. The van der Waals surface area contributed by atoms with E-state index in [9.17, 15) is 14.0 Å². The van der Waals surface area contributed by atoms with Crippen molar-refractivity contribution in [1.29, 1.82) is 0 Å². The standard InChI is InChI=1S/C27H26FN3O3S2/c1-16(2)30-13-12-21-23(14-30)36-25-24(21)26(33)31(19-8-10-20(34-3)11-9-19)27(29-25)35-15-22(32)17-4-6-18(28)7-5-17/h4-11,16H,12-15H2,1-3H3. The van der Waals surface area contributed by atoms with Gasteiger partial charge in [-0.15, -0.1) is 11.3 Å². The maximum Gasteiger partial charge on any atom is 0.267 e. The number of hydrogen-bond acceptors (Lipinski definition) is 7. The number of ether oxygens (including phenoxy) is 1. The number of hydrogen-bond donors (Lipinski definition) is 0. The Morgan fingerprint density at radius 1 is 1.17 bits per heavy atom. The highest BCUT2D eigenvalue weighted by Crippen LogP contribution is 2.35. The van der Waals surface area contributed by atoms with Crippen LogP contribution in [0.4, 0.5) is 4.39 Å². The highest BCUT2D eigenvalue weighted by molar-refractivity contribution is 7.99. The Bertz CT molecular complexity index is 1480. The molecule has 0 radical (unpaired) electrons.